The molecule has 26 heteroatoms. The number of β-lactam (4-membered cyclic amide) rings is 1. The van der Waals surface area contributed by atoms with E-state index in [2.05, 4.69) is 29.9 Å². The second kappa shape index (κ2) is 15.9. The summed E-state index contributed by atoms with van der Waals surface area (Å²) >= 11 is 0.906. The average Bonchev–Trinajstić information content (AvgIpc) is 3.54. The molecular weight excluding hydrogens is 718 g/mol. The van der Waals surface area contributed by atoms with Crippen LogP contribution < -0.4 is 91.5 Å². The number of aromatic amines is 1. The number of amides is 2. The van der Waals surface area contributed by atoms with Crippen LogP contribution in [0.5, 0.6) is 5.75 Å². The number of pyridine rings is 1. The first-order valence-electron chi connectivity index (χ1n) is 13.0. The number of aliphatic hydroxyl groups is 1. The van der Waals surface area contributed by atoms with E-state index in [1.54, 1.807) is 0 Å². The summed E-state index contributed by atoms with van der Waals surface area (Å²) < 4.78 is 29.3. The quantitative estimate of drug-likeness (QED) is 0.0400. The maximum Gasteiger partial charge on any atom is 1.00 e. The Morgan fingerprint density at radius 1 is 1.29 bits per heavy atom. The Balaban J connectivity index is 0.00000417. The fourth-order valence-electron chi connectivity index (χ4n) is 3.67. The number of carbonyl (C=O) groups excluding carboxylic acids is 3. The third kappa shape index (κ3) is 9.14. The maximum absolute atomic E-state index is 13.0. The van der Waals surface area contributed by atoms with E-state index in [9.17, 15) is 52.8 Å². The Morgan fingerprint density at radius 3 is 2.47 bits per heavy atom. The van der Waals surface area contributed by atoms with Crippen LogP contribution in [0, 0.1) is 0 Å². The number of aromatic nitrogens is 5. The number of amidine groups is 1. The standard InChI is InChI=1S/C23H26N10O12S2.2Na/c1-9(34)6-31-16(10-4-13(35)14(36)5-25-10)28-33(22(31)42)47(43,44)30-21(41)32-7-11(18(32)38)26-17(37)15(12-8-46-20(24)27-12)29-45-23(2,3)19(39)40;;/h4-5,8-9,11,34,36H,6-7H2,1-3H3,(H2,24,27)(H,25,35)(H,26,37)(H,30,41)(H,39,40);;/q;2*+1/p-2/b29-15-;;/t9-,11-;;/m0../s1. The van der Waals surface area contributed by atoms with Gasteiger partial charge in [0.25, 0.3) is 11.8 Å². The fraction of sp³-hybridized carbons (Fsp3) is 0.348. The number of hydrogen-bond acceptors (Lipinski definition) is 17. The van der Waals surface area contributed by atoms with Crippen molar-refractivity contribution in [2.45, 2.75) is 45.1 Å². The zero-order valence-electron chi connectivity index (χ0n) is 26.3. The number of carboxylic acid groups (broad SMARTS) is 1. The predicted molar refractivity (Wildman–Crippen MR) is 155 cm³/mol. The summed E-state index contributed by atoms with van der Waals surface area (Å²) in [5, 5.41) is 53.9. The van der Waals surface area contributed by atoms with Gasteiger partial charge in [0, 0.05) is 17.6 Å². The van der Waals surface area contributed by atoms with Crippen LogP contribution in [0.4, 0.5) is 5.13 Å². The van der Waals surface area contributed by atoms with Crippen LogP contribution in [0.15, 0.2) is 36.8 Å². The van der Waals surface area contributed by atoms with Crippen LogP contribution in [-0.4, -0.2) is 101 Å². The Bertz CT molecular complexity index is 2050. The number of hydrogen-bond donors (Lipinski definition) is 5. The molecule has 6 N–H and O–H groups in total. The van der Waals surface area contributed by atoms with Gasteiger partial charge in [0.2, 0.25) is 5.43 Å². The number of aromatic hydroxyl groups is 1. The number of oxime groups is 1. The van der Waals surface area contributed by atoms with E-state index in [-0.39, 0.29) is 79.7 Å². The molecular formula is C23H24N10Na2O12S2. The van der Waals surface area contributed by atoms with Crippen molar-refractivity contribution >= 4 is 56.2 Å². The normalized spacial score (nSPS) is 15.8. The third-order valence-electron chi connectivity index (χ3n) is 6.13. The van der Waals surface area contributed by atoms with Crippen LogP contribution >= 0.6 is 11.3 Å². The molecule has 252 valence electrons. The molecule has 3 aromatic rings. The molecule has 2 atom stereocenters. The molecule has 3 aromatic heterocycles. The summed E-state index contributed by atoms with van der Waals surface area (Å²) in [6.07, 6.45) is -0.366. The van der Waals surface area contributed by atoms with E-state index in [4.69, 9.17) is 10.6 Å². The molecule has 0 spiro atoms. The number of nitrogens with two attached hydrogens (primary N) is 1. The minimum atomic E-state index is -5.28. The Labute approximate surface area is 323 Å². The van der Waals surface area contributed by atoms with E-state index < -0.39 is 93.3 Å². The number of carbonyl (C=O) groups is 3. The number of H-pyrrole nitrogens is 1. The van der Waals surface area contributed by atoms with Crippen molar-refractivity contribution in [2.24, 2.45) is 9.55 Å². The number of anilines is 1. The molecule has 1 fully saturated rings. The maximum atomic E-state index is 13.0. The summed E-state index contributed by atoms with van der Waals surface area (Å²) in [6.45, 7) is 2.34. The second-order valence-electron chi connectivity index (χ2n) is 10.2. The van der Waals surface area contributed by atoms with Crippen molar-refractivity contribution < 1.29 is 107 Å². The van der Waals surface area contributed by atoms with E-state index >= 15 is 0 Å². The van der Waals surface area contributed by atoms with Gasteiger partial charge in [0.15, 0.2) is 28.0 Å². The number of nitrogens with zero attached hydrogens (tertiary/aromatic N) is 7. The summed E-state index contributed by atoms with van der Waals surface area (Å²) in [4.78, 5) is 73.3. The van der Waals surface area contributed by atoms with E-state index in [0.29, 0.717) is 9.47 Å². The fourth-order valence-corrected chi connectivity index (χ4v) is 5.06. The van der Waals surface area contributed by atoms with Gasteiger partial charge < -0.3 is 51.0 Å². The Kier molecular flexibility index (Phi) is 13.5. The van der Waals surface area contributed by atoms with Gasteiger partial charge in [0.1, 0.15) is 11.7 Å². The Hall–Kier alpha value is -3.62. The third-order valence-corrected chi connectivity index (χ3v) is 7.87. The molecule has 1 aliphatic heterocycles. The molecule has 0 unspecified atom stereocenters. The van der Waals surface area contributed by atoms with Crippen molar-refractivity contribution in [2.75, 3.05) is 12.3 Å². The zero-order chi connectivity index (χ0) is 35.0. The number of thiazole rings is 1. The van der Waals surface area contributed by atoms with Crippen molar-refractivity contribution in [3.8, 4) is 17.3 Å². The van der Waals surface area contributed by atoms with Gasteiger partial charge in [-0.15, -0.1) is 20.8 Å². The van der Waals surface area contributed by atoms with E-state index in [1.807, 2.05) is 0 Å². The first-order chi connectivity index (χ1) is 21.8. The van der Waals surface area contributed by atoms with Gasteiger partial charge in [-0.25, -0.2) is 9.78 Å². The van der Waals surface area contributed by atoms with Gasteiger partial charge in [-0.3, -0.25) is 19.0 Å². The van der Waals surface area contributed by atoms with E-state index in [1.165, 1.54) is 12.3 Å². The molecule has 0 radical (unpaired) electrons. The van der Waals surface area contributed by atoms with Gasteiger partial charge in [-0.05, 0) is 20.8 Å². The molecule has 1 aliphatic rings. The molecule has 2 amide bonds. The minimum Gasteiger partial charge on any atom is -0.845 e. The molecule has 0 aliphatic carbocycles. The molecule has 4 heterocycles. The number of rotatable bonds is 11. The molecule has 0 bridgehead atoms. The predicted octanol–water partition coefficient (Wildman–Crippen LogP) is -11.4. The van der Waals surface area contributed by atoms with Crippen molar-refractivity contribution in [1.29, 1.82) is 0 Å². The monoisotopic (exact) mass is 742 g/mol. The first-order valence-corrected chi connectivity index (χ1v) is 15.2. The molecule has 0 saturated carbocycles. The molecule has 22 nitrogen and oxygen atoms in total. The van der Waals surface area contributed by atoms with Crippen molar-refractivity contribution in [3.63, 3.8) is 0 Å². The molecule has 1 saturated heterocycles. The van der Waals surface area contributed by atoms with Crippen molar-refractivity contribution in [1.82, 2.24) is 33.9 Å². The summed E-state index contributed by atoms with van der Waals surface area (Å²) in [7, 11) is -5.28. The number of nitrogen functional groups attached to an aromatic ring is 1. The first kappa shape index (κ1) is 41.6. The van der Waals surface area contributed by atoms with Gasteiger partial charge in [0.05, 0.1) is 36.9 Å². The second-order valence-corrected chi connectivity index (χ2v) is 12.5. The summed E-state index contributed by atoms with van der Waals surface area (Å²) in [5.41, 5.74) is 0.334. The average molecular weight is 743 g/mol. The number of nitrogens with one attached hydrogen (secondary N) is 2. The number of carboxylic acids is 1. The van der Waals surface area contributed by atoms with Crippen LogP contribution in [0.3, 0.4) is 0 Å². The van der Waals surface area contributed by atoms with Gasteiger partial charge >= 0.3 is 75.0 Å². The largest absolute Gasteiger partial charge is 1.00 e. The number of aliphatic carboxylic acids is 1. The number of aliphatic hydroxyl groups excluding tert-OH is 1. The smallest absolute Gasteiger partial charge is 0.845 e. The topological polar surface area (TPSA) is 333 Å². The molecule has 49 heavy (non-hydrogen) atoms. The SMILES string of the molecule is C[C@H](O)Cn1c(-c2cc(=O)c(O)c[nH]2)nn(S(=O)(=O)/N=C(\[O-])N2C[C@H](NC(=O)/C(=N\OC(C)(C)C(=O)[O-])c3csc(N)n3)C2=O)c1=O.[Na+].[Na+]. The Morgan fingerprint density at radius 2 is 1.94 bits per heavy atom. The van der Waals surface area contributed by atoms with Gasteiger partial charge in [-0.1, -0.05) is 9.24 Å². The molecule has 0 aromatic carbocycles. The minimum absolute atomic E-state index is 0. The van der Waals surface area contributed by atoms with Crippen LogP contribution in [-0.2, 0) is 36.0 Å². The summed E-state index contributed by atoms with van der Waals surface area (Å²) in [6, 6.07) is -2.26. The zero-order valence-corrected chi connectivity index (χ0v) is 31.9. The number of likely N-dealkylation sites (tertiary alicyclic amines) is 1. The van der Waals surface area contributed by atoms with Crippen LogP contribution in [0.2, 0.25) is 0 Å². The van der Waals surface area contributed by atoms with Gasteiger partial charge in [-0.2, -0.15) is 8.42 Å². The van der Waals surface area contributed by atoms with E-state index in [0.717, 1.165) is 37.4 Å². The summed E-state index contributed by atoms with van der Waals surface area (Å²) in [5.74, 6) is -5.05. The van der Waals surface area contributed by atoms with Crippen molar-refractivity contribution in [3.05, 3.63) is 44.0 Å². The van der Waals surface area contributed by atoms with Crippen LogP contribution in [0.1, 0.15) is 26.5 Å². The molecule has 4 rings (SSSR count). The van der Waals surface area contributed by atoms with Crippen LogP contribution in [0.25, 0.3) is 11.5 Å².